The molecule has 0 radical (unpaired) electrons. The molecule has 0 spiro atoms. The molecule has 3 heteroatoms. The van der Waals surface area contributed by atoms with Gasteiger partial charge in [-0.1, -0.05) is 24.3 Å². The molecule has 0 amide bonds. The Hall–Kier alpha value is -1.77. The Balaban J connectivity index is 2.49. The summed E-state index contributed by atoms with van der Waals surface area (Å²) in [5, 5.41) is 11.6. The van der Waals surface area contributed by atoms with Crippen LogP contribution < -0.4 is 5.32 Å². The fourth-order valence-corrected chi connectivity index (χ4v) is 1.07. The molecular weight excluding hydrogens is 178 g/mol. The van der Waals surface area contributed by atoms with Crippen molar-refractivity contribution in [1.82, 2.24) is 0 Å². The van der Waals surface area contributed by atoms with Gasteiger partial charge in [-0.2, -0.15) is 0 Å². The number of rotatable bonds is 4. The van der Waals surface area contributed by atoms with Crippen molar-refractivity contribution in [2.24, 2.45) is 0 Å². The molecule has 1 rings (SSSR count). The first-order valence-electron chi connectivity index (χ1n) is 4.41. The van der Waals surface area contributed by atoms with Crippen LogP contribution >= 0.6 is 0 Å². The number of benzene rings is 1. The van der Waals surface area contributed by atoms with Crippen LogP contribution in [0.1, 0.15) is 6.92 Å². The molecule has 1 aromatic carbocycles. The van der Waals surface area contributed by atoms with E-state index in [1.54, 1.807) is 6.08 Å². The van der Waals surface area contributed by atoms with Gasteiger partial charge in [-0.3, -0.25) is 0 Å². The third-order valence-corrected chi connectivity index (χ3v) is 1.70. The van der Waals surface area contributed by atoms with Gasteiger partial charge >= 0.3 is 5.97 Å². The zero-order valence-corrected chi connectivity index (χ0v) is 7.97. The lowest BCUT2D eigenvalue weighted by atomic mass is 10.2. The molecular formula is C11H13NO2. The quantitative estimate of drug-likeness (QED) is 0.717. The molecule has 0 fully saturated rings. The number of para-hydroxylation sites is 1. The largest absolute Gasteiger partial charge is 0.478 e. The number of anilines is 1. The van der Waals surface area contributed by atoms with Gasteiger partial charge in [0.1, 0.15) is 0 Å². The fourth-order valence-electron chi connectivity index (χ4n) is 1.07. The Labute approximate surface area is 83.1 Å². The summed E-state index contributed by atoms with van der Waals surface area (Å²) >= 11 is 0. The molecule has 2 N–H and O–H groups in total. The molecule has 0 saturated carbocycles. The minimum atomic E-state index is -0.924. The standard InChI is InChI=1S/C11H13NO2/c1-9(7-8-11(13)14)12-10-5-3-2-4-6-10/h2-9,12H,1H3,(H,13,14)/b8-7+. The summed E-state index contributed by atoms with van der Waals surface area (Å²) < 4.78 is 0. The van der Waals surface area contributed by atoms with Crippen molar-refractivity contribution >= 4 is 11.7 Å². The van der Waals surface area contributed by atoms with Crippen LogP contribution in [0.4, 0.5) is 5.69 Å². The lowest BCUT2D eigenvalue weighted by Crippen LogP contribution is -2.12. The van der Waals surface area contributed by atoms with E-state index in [0.29, 0.717) is 0 Å². The van der Waals surface area contributed by atoms with E-state index in [1.165, 1.54) is 0 Å². The predicted octanol–water partition coefficient (Wildman–Crippen LogP) is 2.13. The lowest BCUT2D eigenvalue weighted by molar-refractivity contribution is -0.131. The summed E-state index contributed by atoms with van der Waals surface area (Å²) in [6.45, 7) is 1.90. The second-order valence-corrected chi connectivity index (χ2v) is 3.00. The molecule has 0 aromatic heterocycles. The summed E-state index contributed by atoms with van der Waals surface area (Å²) in [6, 6.07) is 9.67. The van der Waals surface area contributed by atoms with Crippen LogP contribution in [-0.4, -0.2) is 17.1 Å². The fraction of sp³-hybridized carbons (Fsp3) is 0.182. The van der Waals surface area contributed by atoms with Crippen LogP contribution in [0.2, 0.25) is 0 Å². The third-order valence-electron chi connectivity index (χ3n) is 1.70. The van der Waals surface area contributed by atoms with Gasteiger partial charge in [-0.05, 0) is 19.1 Å². The van der Waals surface area contributed by atoms with E-state index in [-0.39, 0.29) is 6.04 Å². The maximum Gasteiger partial charge on any atom is 0.328 e. The van der Waals surface area contributed by atoms with Crippen LogP contribution in [-0.2, 0) is 4.79 Å². The maximum absolute atomic E-state index is 10.2. The molecule has 1 unspecified atom stereocenters. The number of hydrogen-bond donors (Lipinski definition) is 2. The minimum Gasteiger partial charge on any atom is -0.478 e. The smallest absolute Gasteiger partial charge is 0.328 e. The number of carbonyl (C=O) groups is 1. The molecule has 0 aliphatic carbocycles. The zero-order chi connectivity index (χ0) is 10.4. The van der Waals surface area contributed by atoms with E-state index in [9.17, 15) is 4.79 Å². The van der Waals surface area contributed by atoms with Crippen molar-refractivity contribution in [3.63, 3.8) is 0 Å². The van der Waals surface area contributed by atoms with Gasteiger partial charge in [-0.15, -0.1) is 0 Å². The van der Waals surface area contributed by atoms with E-state index >= 15 is 0 Å². The molecule has 1 aromatic rings. The van der Waals surface area contributed by atoms with Crippen LogP contribution in [0.25, 0.3) is 0 Å². The Kier molecular flexibility index (Phi) is 3.73. The van der Waals surface area contributed by atoms with Crippen LogP contribution in [0.15, 0.2) is 42.5 Å². The molecule has 0 bridgehead atoms. The Morgan fingerprint density at radius 3 is 2.64 bits per heavy atom. The summed E-state index contributed by atoms with van der Waals surface area (Å²) in [7, 11) is 0. The topological polar surface area (TPSA) is 49.3 Å². The van der Waals surface area contributed by atoms with Gasteiger partial charge in [0, 0.05) is 17.8 Å². The summed E-state index contributed by atoms with van der Waals surface area (Å²) in [5.41, 5.74) is 0.982. The van der Waals surface area contributed by atoms with Gasteiger partial charge < -0.3 is 10.4 Å². The average molecular weight is 191 g/mol. The number of carboxylic acids is 1. The summed E-state index contributed by atoms with van der Waals surface area (Å²) in [5.74, 6) is -0.924. The van der Waals surface area contributed by atoms with Crippen molar-refractivity contribution in [2.75, 3.05) is 5.32 Å². The molecule has 0 heterocycles. The predicted molar refractivity (Wildman–Crippen MR) is 56.3 cm³/mol. The number of carboxylic acid groups (broad SMARTS) is 1. The molecule has 74 valence electrons. The summed E-state index contributed by atoms with van der Waals surface area (Å²) in [4.78, 5) is 10.2. The SMILES string of the molecule is CC(/C=C/C(=O)O)Nc1ccccc1. The first-order chi connectivity index (χ1) is 6.68. The highest BCUT2D eigenvalue weighted by molar-refractivity contribution is 5.79. The van der Waals surface area contributed by atoms with Crippen molar-refractivity contribution in [2.45, 2.75) is 13.0 Å². The van der Waals surface area contributed by atoms with Crippen molar-refractivity contribution in [1.29, 1.82) is 0 Å². The van der Waals surface area contributed by atoms with Crippen LogP contribution in [0.5, 0.6) is 0 Å². The van der Waals surface area contributed by atoms with Crippen LogP contribution in [0, 0.1) is 0 Å². The normalized spacial score (nSPS) is 12.6. The Bertz CT molecular complexity index is 319. The van der Waals surface area contributed by atoms with Gasteiger partial charge in [0.15, 0.2) is 0 Å². The highest BCUT2D eigenvalue weighted by atomic mass is 16.4. The van der Waals surface area contributed by atoms with E-state index in [4.69, 9.17) is 5.11 Å². The highest BCUT2D eigenvalue weighted by Gasteiger charge is 1.96. The second-order valence-electron chi connectivity index (χ2n) is 3.00. The number of aliphatic carboxylic acids is 1. The van der Waals surface area contributed by atoms with E-state index in [0.717, 1.165) is 11.8 Å². The van der Waals surface area contributed by atoms with Gasteiger partial charge in [0.2, 0.25) is 0 Å². The number of nitrogens with one attached hydrogen (secondary N) is 1. The van der Waals surface area contributed by atoms with E-state index in [1.807, 2.05) is 37.3 Å². The molecule has 14 heavy (non-hydrogen) atoms. The zero-order valence-electron chi connectivity index (χ0n) is 7.97. The summed E-state index contributed by atoms with van der Waals surface area (Å²) in [6.07, 6.45) is 2.75. The van der Waals surface area contributed by atoms with Crippen molar-refractivity contribution in [3.8, 4) is 0 Å². The van der Waals surface area contributed by atoms with Crippen LogP contribution in [0.3, 0.4) is 0 Å². The van der Waals surface area contributed by atoms with Gasteiger partial charge in [-0.25, -0.2) is 4.79 Å². The molecule has 3 nitrogen and oxygen atoms in total. The highest BCUT2D eigenvalue weighted by Crippen LogP contribution is 2.07. The van der Waals surface area contributed by atoms with Gasteiger partial charge in [0.25, 0.3) is 0 Å². The van der Waals surface area contributed by atoms with Crippen molar-refractivity contribution in [3.05, 3.63) is 42.5 Å². The minimum absolute atomic E-state index is 0.00787. The molecule has 0 aliphatic heterocycles. The third kappa shape index (κ3) is 3.76. The van der Waals surface area contributed by atoms with Gasteiger partial charge in [0.05, 0.1) is 0 Å². The molecule has 1 atom stereocenters. The molecule has 0 saturated heterocycles. The van der Waals surface area contributed by atoms with Crippen molar-refractivity contribution < 1.29 is 9.90 Å². The Morgan fingerprint density at radius 2 is 2.07 bits per heavy atom. The lowest BCUT2D eigenvalue weighted by Gasteiger charge is -2.10. The Morgan fingerprint density at radius 1 is 1.43 bits per heavy atom. The number of hydrogen-bond acceptors (Lipinski definition) is 2. The second kappa shape index (κ2) is 5.07. The van der Waals surface area contributed by atoms with E-state index in [2.05, 4.69) is 5.32 Å². The monoisotopic (exact) mass is 191 g/mol. The first kappa shape index (κ1) is 10.3. The van der Waals surface area contributed by atoms with E-state index < -0.39 is 5.97 Å². The average Bonchev–Trinajstić information content (AvgIpc) is 2.16. The molecule has 0 aliphatic rings. The first-order valence-corrected chi connectivity index (χ1v) is 4.41. The maximum atomic E-state index is 10.2.